The van der Waals surface area contributed by atoms with Gasteiger partial charge in [-0.25, -0.2) is 10.2 Å². The first kappa shape index (κ1) is 22.2. The molecule has 0 atom stereocenters. The highest BCUT2D eigenvalue weighted by Gasteiger charge is 2.08. The second-order valence-corrected chi connectivity index (χ2v) is 5.76. The van der Waals surface area contributed by atoms with Gasteiger partial charge in [-0.1, -0.05) is 18.2 Å². The molecule has 0 fully saturated rings. The molecule has 0 unspecified atom stereocenters. The van der Waals surface area contributed by atoms with Crippen molar-refractivity contribution in [2.24, 2.45) is 5.10 Å². The Bertz CT molecular complexity index is 901. The van der Waals surface area contributed by atoms with Crippen LogP contribution in [0, 0.1) is 0 Å². The van der Waals surface area contributed by atoms with Crippen LogP contribution in [-0.2, 0) is 14.4 Å². The summed E-state index contributed by atoms with van der Waals surface area (Å²) in [5, 5.41) is 14.9. The quantitative estimate of drug-likeness (QED) is 0.365. The van der Waals surface area contributed by atoms with Crippen LogP contribution in [0.15, 0.2) is 53.6 Å². The normalized spacial score (nSPS) is 10.3. The number of nitrogens with zero attached hydrogens (tertiary/aromatic N) is 1. The van der Waals surface area contributed by atoms with Crippen molar-refractivity contribution in [3.63, 3.8) is 0 Å². The molecular formula is C20H21N3O7. The van der Waals surface area contributed by atoms with Crippen LogP contribution < -0.4 is 25.0 Å². The molecule has 0 heterocycles. The van der Waals surface area contributed by atoms with Gasteiger partial charge >= 0.3 is 5.97 Å². The smallest absolute Gasteiger partial charge is 0.341 e. The molecule has 0 aliphatic rings. The van der Waals surface area contributed by atoms with Gasteiger partial charge in [-0.15, -0.1) is 0 Å². The van der Waals surface area contributed by atoms with Gasteiger partial charge in [0.05, 0.1) is 19.9 Å². The third-order valence-electron chi connectivity index (χ3n) is 3.50. The highest BCUT2D eigenvalue weighted by molar-refractivity contribution is 5.87. The molecule has 0 bridgehead atoms. The fourth-order valence-corrected chi connectivity index (χ4v) is 2.14. The predicted molar refractivity (Wildman–Crippen MR) is 107 cm³/mol. The SMILES string of the molecule is COc1cc(C=NNC(=O)CNC(=O)COc2ccccc2)ccc1OCC(=O)O. The molecule has 2 rings (SSSR count). The summed E-state index contributed by atoms with van der Waals surface area (Å²) in [5.41, 5.74) is 2.86. The van der Waals surface area contributed by atoms with Crippen LogP contribution in [0.1, 0.15) is 5.56 Å². The van der Waals surface area contributed by atoms with Gasteiger partial charge in [0.15, 0.2) is 24.7 Å². The van der Waals surface area contributed by atoms with E-state index in [2.05, 4.69) is 15.8 Å². The molecule has 0 aromatic heterocycles. The number of carboxylic acid groups (broad SMARTS) is 1. The maximum atomic E-state index is 11.8. The van der Waals surface area contributed by atoms with Gasteiger partial charge in [-0.05, 0) is 35.9 Å². The monoisotopic (exact) mass is 415 g/mol. The first-order valence-electron chi connectivity index (χ1n) is 8.77. The van der Waals surface area contributed by atoms with Crippen LogP contribution in [0.4, 0.5) is 0 Å². The molecule has 0 aliphatic carbocycles. The number of carbonyl (C=O) groups is 3. The Kier molecular flexibility index (Phi) is 8.66. The lowest BCUT2D eigenvalue weighted by atomic mass is 10.2. The maximum absolute atomic E-state index is 11.8. The molecular weight excluding hydrogens is 394 g/mol. The molecule has 0 saturated carbocycles. The second-order valence-electron chi connectivity index (χ2n) is 5.76. The van der Waals surface area contributed by atoms with E-state index in [4.69, 9.17) is 19.3 Å². The van der Waals surface area contributed by atoms with Gasteiger partial charge in [0.1, 0.15) is 5.75 Å². The fourth-order valence-electron chi connectivity index (χ4n) is 2.14. The van der Waals surface area contributed by atoms with E-state index in [0.29, 0.717) is 17.1 Å². The third kappa shape index (κ3) is 7.89. The zero-order valence-corrected chi connectivity index (χ0v) is 16.2. The van der Waals surface area contributed by atoms with Gasteiger partial charge in [-0.3, -0.25) is 9.59 Å². The summed E-state index contributed by atoms with van der Waals surface area (Å²) in [6.07, 6.45) is 1.36. The van der Waals surface area contributed by atoms with E-state index in [0.717, 1.165) is 0 Å². The highest BCUT2D eigenvalue weighted by Crippen LogP contribution is 2.27. The Hall–Kier alpha value is -4.08. The van der Waals surface area contributed by atoms with Gasteiger partial charge in [0.2, 0.25) is 0 Å². The standard InChI is InChI=1S/C20H21N3O7/c1-28-17-9-14(7-8-16(17)30-13-20(26)27)10-22-23-18(24)11-21-19(25)12-29-15-5-3-2-4-6-15/h2-10H,11-13H2,1H3,(H,21,25)(H,23,24)(H,26,27). The minimum atomic E-state index is -1.11. The van der Waals surface area contributed by atoms with Crippen LogP contribution in [0.3, 0.4) is 0 Å². The van der Waals surface area contributed by atoms with Crippen LogP contribution in [0.2, 0.25) is 0 Å². The first-order valence-corrected chi connectivity index (χ1v) is 8.77. The number of ether oxygens (including phenoxy) is 3. The predicted octanol–water partition coefficient (Wildman–Crippen LogP) is 0.804. The van der Waals surface area contributed by atoms with Crippen LogP contribution in [0.5, 0.6) is 17.2 Å². The number of hydrogen-bond acceptors (Lipinski definition) is 7. The summed E-state index contributed by atoms with van der Waals surface area (Å²) in [5.74, 6) is -0.938. The average molecular weight is 415 g/mol. The largest absolute Gasteiger partial charge is 0.493 e. The number of nitrogens with one attached hydrogen (secondary N) is 2. The molecule has 3 N–H and O–H groups in total. The fraction of sp³-hybridized carbons (Fsp3) is 0.200. The van der Waals surface area contributed by atoms with Gasteiger partial charge < -0.3 is 24.6 Å². The molecule has 2 amide bonds. The van der Waals surface area contributed by atoms with Crippen molar-refractivity contribution in [3.8, 4) is 17.2 Å². The van der Waals surface area contributed by atoms with Crippen molar-refractivity contribution in [2.75, 3.05) is 26.9 Å². The van der Waals surface area contributed by atoms with E-state index in [-0.39, 0.29) is 18.9 Å². The molecule has 10 heteroatoms. The number of para-hydroxylation sites is 1. The van der Waals surface area contributed by atoms with E-state index in [1.807, 2.05) is 6.07 Å². The molecule has 10 nitrogen and oxygen atoms in total. The zero-order chi connectivity index (χ0) is 21.8. The van der Waals surface area contributed by atoms with Gasteiger partial charge in [-0.2, -0.15) is 5.10 Å². The number of benzene rings is 2. The number of amides is 2. The molecule has 2 aromatic rings. The summed E-state index contributed by atoms with van der Waals surface area (Å²) in [7, 11) is 1.41. The summed E-state index contributed by atoms with van der Waals surface area (Å²) < 4.78 is 15.5. The van der Waals surface area contributed by atoms with E-state index in [1.165, 1.54) is 19.4 Å². The number of aliphatic carboxylic acids is 1. The lowest BCUT2D eigenvalue weighted by Crippen LogP contribution is -2.37. The number of hydrogen-bond donors (Lipinski definition) is 3. The number of methoxy groups -OCH3 is 1. The summed E-state index contributed by atoms with van der Waals surface area (Å²) in [4.78, 5) is 34.0. The Morgan fingerprint density at radius 1 is 1.00 bits per heavy atom. The van der Waals surface area contributed by atoms with Crippen LogP contribution in [0.25, 0.3) is 0 Å². The first-order chi connectivity index (χ1) is 14.5. The Morgan fingerprint density at radius 3 is 2.47 bits per heavy atom. The van der Waals surface area contributed by atoms with Gasteiger partial charge in [0.25, 0.3) is 11.8 Å². The van der Waals surface area contributed by atoms with Crippen molar-refractivity contribution in [1.82, 2.24) is 10.7 Å². The molecule has 0 aliphatic heterocycles. The molecule has 0 spiro atoms. The van der Waals surface area contributed by atoms with Gasteiger partial charge in [0, 0.05) is 0 Å². The lowest BCUT2D eigenvalue weighted by Gasteiger charge is -2.09. The van der Waals surface area contributed by atoms with E-state index < -0.39 is 24.4 Å². The van der Waals surface area contributed by atoms with E-state index >= 15 is 0 Å². The summed E-state index contributed by atoms with van der Waals surface area (Å²) in [6.45, 7) is -0.974. The van der Waals surface area contributed by atoms with Crippen molar-refractivity contribution >= 4 is 24.0 Å². The Balaban J connectivity index is 1.75. The third-order valence-corrected chi connectivity index (χ3v) is 3.50. The van der Waals surface area contributed by atoms with Crippen LogP contribution in [-0.4, -0.2) is 56.0 Å². The van der Waals surface area contributed by atoms with Crippen molar-refractivity contribution in [1.29, 1.82) is 0 Å². The molecule has 0 radical (unpaired) electrons. The topological polar surface area (TPSA) is 136 Å². The Morgan fingerprint density at radius 2 is 1.77 bits per heavy atom. The molecule has 30 heavy (non-hydrogen) atoms. The van der Waals surface area contributed by atoms with E-state index in [9.17, 15) is 14.4 Å². The van der Waals surface area contributed by atoms with Crippen molar-refractivity contribution in [3.05, 3.63) is 54.1 Å². The number of carboxylic acids is 1. The second kappa shape index (κ2) is 11.7. The average Bonchev–Trinajstić information content (AvgIpc) is 2.75. The molecule has 158 valence electrons. The van der Waals surface area contributed by atoms with Crippen LogP contribution >= 0.6 is 0 Å². The highest BCUT2D eigenvalue weighted by atomic mass is 16.5. The molecule has 2 aromatic carbocycles. The summed E-state index contributed by atoms with van der Waals surface area (Å²) >= 11 is 0. The number of rotatable bonds is 11. The number of hydrazone groups is 1. The summed E-state index contributed by atoms with van der Waals surface area (Å²) in [6, 6.07) is 13.5. The minimum Gasteiger partial charge on any atom is -0.493 e. The lowest BCUT2D eigenvalue weighted by molar-refractivity contribution is -0.139. The van der Waals surface area contributed by atoms with Crippen molar-refractivity contribution < 1.29 is 33.7 Å². The Labute approximate surface area is 172 Å². The van der Waals surface area contributed by atoms with Crippen molar-refractivity contribution in [2.45, 2.75) is 0 Å². The van der Waals surface area contributed by atoms with E-state index in [1.54, 1.807) is 36.4 Å². The maximum Gasteiger partial charge on any atom is 0.341 e. The minimum absolute atomic E-state index is 0.212. The number of carbonyl (C=O) groups excluding carboxylic acids is 2. The molecule has 0 saturated heterocycles. The zero-order valence-electron chi connectivity index (χ0n) is 16.2.